The fraction of sp³-hybridized carbons (Fsp3) is 0.400. The maximum absolute atomic E-state index is 13.9. The summed E-state index contributed by atoms with van der Waals surface area (Å²) in [6.45, 7) is 6.68. The van der Waals surface area contributed by atoms with Gasteiger partial charge in [0.2, 0.25) is 12.7 Å². The Morgan fingerprint density at radius 3 is 2.72 bits per heavy atom. The third kappa shape index (κ3) is 4.70. The Kier molecular flexibility index (Phi) is 6.34. The maximum Gasteiger partial charge on any atom is 0.312 e. The van der Waals surface area contributed by atoms with Gasteiger partial charge >= 0.3 is 6.08 Å². The summed E-state index contributed by atoms with van der Waals surface area (Å²) >= 11 is 3.61. The first-order valence-electron chi connectivity index (χ1n) is 9.88. The van der Waals surface area contributed by atoms with E-state index in [-0.39, 0.29) is 18.5 Å². The van der Waals surface area contributed by atoms with Crippen LogP contribution < -0.4 is 20.5 Å². The number of ether oxygens (including phenoxy) is 2. The van der Waals surface area contributed by atoms with Crippen molar-refractivity contribution >= 4 is 57.2 Å². The highest BCUT2D eigenvalue weighted by molar-refractivity contribution is 14.1. The predicted molar refractivity (Wildman–Crippen MR) is 126 cm³/mol. The highest BCUT2D eigenvalue weighted by Crippen LogP contribution is 2.41. The van der Waals surface area contributed by atoms with E-state index in [1.807, 2.05) is 32.9 Å². The molecular formula is C20H22FIN6O3S. The molecule has 0 fully saturated rings. The predicted octanol–water partition coefficient (Wildman–Crippen LogP) is 3.58. The van der Waals surface area contributed by atoms with E-state index in [2.05, 4.69) is 42.9 Å². The van der Waals surface area contributed by atoms with E-state index in [1.54, 1.807) is 4.57 Å². The zero-order valence-electron chi connectivity index (χ0n) is 17.7. The number of nitrogen functional groups attached to an aromatic ring is 1. The number of rotatable bonds is 6. The molecule has 1 amide bonds. The molecule has 4 rings (SSSR count). The second kappa shape index (κ2) is 8.89. The molecule has 1 aromatic carbocycles. The zero-order chi connectivity index (χ0) is 23.0. The fourth-order valence-electron chi connectivity index (χ4n) is 3.03. The van der Waals surface area contributed by atoms with Crippen molar-refractivity contribution in [3.63, 3.8) is 0 Å². The van der Waals surface area contributed by atoms with E-state index >= 15 is 0 Å². The van der Waals surface area contributed by atoms with Gasteiger partial charge in [0.25, 0.3) is 0 Å². The first-order chi connectivity index (χ1) is 15.1. The van der Waals surface area contributed by atoms with Crippen molar-refractivity contribution < 1.29 is 18.7 Å². The molecule has 32 heavy (non-hydrogen) atoms. The molecule has 9 nitrogen and oxygen atoms in total. The number of hydrogen-bond donors (Lipinski definition) is 2. The number of nitrogens with two attached hydrogens (primary N) is 1. The van der Waals surface area contributed by atoms with Crippen molar-refractivity contribution in [1.82, 2.24) is 24.8 Å². The molecule has 170 valence electrons. The Balaban J connectivity index is 1.62. The summed E-state index contributed by atoms with van der Waals surface area (Å²) < 4.78 is 27.6. The van der Waals surface area contributed by atoms with Gasteiger partial charge in [0.15, 0.2) is 33.6 Å². The Morgan fingerprint density at radius 2 is 2.00 bits per heavy atom. The van der Waals surface area contributed by atoms with Crippen LogP contribution in [0, 0.1) is 15.1 Å². The Hall–Kier alpha value is -2.35. The quantitative estimate of drug-likeness (QED) is 0.262. The van der Waals surface area contributed by atoms with Crippen molar-refractivity contribution in [2.75, 3.05) is 19.1 Å². The molecule has 0 atom stereocenters. The number of halogens is 2. The van der Waals surface area contributed by atoms with E-state index < -0.39 is 11.5 Å². The summed E-state index contributed by atoms with van der Waals surface area (Å²) in [6, 6.07) is 3.78. The number of imidazole rings is 1. The maximum atomic E-state index is 13.9. The number of fused-ring (bicyclic) bond motifs is 2. The lowest BCUT2D eigenvalue weighted by molar-refractivity contribution is -0.128. The number of carbonyl (C=O) groups is 1. The van der Waals surface area contributed by atoms with E-state index in [0.29, 0.717) is 47.3 Å². The van der Waals surface area contributed by atoms with Crippen LogP contribution >= 0.6 is 34.4 Å². The molecule has 2 aromatic heterocycles. The summed E-state index contributed by atoms with van der Waals surface area (Å²) in [6.07, 6.45) is -0.309. The fourth-order valence-corrected chi connectivity index (χ4v) is 4.75. The molecule has 0 radical (unpaired) electrons. The highest BCUT2D eigenvalue weighted by Gasteiger charge is 2.23. The van der Waals surface area contributed by atoms with E-state index in [9.17, 15) is 9.18 Å². The molecule has 3 N–H and O–H groups in total. The zero-order valence-corrected chi connectivity index (χ0v) is 20.7. The molecule has 0 unspecified atom stereocenters. The molecule has 0 spiro atoms. The van der Waals surface area contributed by atoms with Crippen molar-refractivity contribution in [3.8, 4) is 11.5 Å². The lowest BCUT2D eigenvalue weighted by atomic mass is 9.96. The number of anilines is 1. The van der Waals surface area contributed by atoms with Crippen LogP contribution in [-0.4, -0.2) is 38.8 Å². The Morgan fingerprint density at radius 1 is 1.28 bits per heavy atom. The SMILES string of the molecule is CC(C)(C)C(=O)NCCCn1c(Sc2cc3c(cc2I)OCO3)nc2c(N)nc(F)nc21. The monoisotopic (exact) mass is 572 g/mol. The molecule has 0 saturated carbocycles. The van der Waals surface area contributed by atoms with Crippen molar-refractivity contribution in [2.45, 2.75) is 43.8 Å². The summed E-state index contributed by atoms with van der Waals surface area (Å²) in [5.41, 5.74) is 6.09. The number of benzene rings is 1. The van der Waals surface area contributed by atoms with Gasteiger partial charge in [-0.15, -0.1) is 0 Å². The molecule has 0 saturated heterocycles. The third-order valence-corrected chi connectivity index (χ3v) is 7.02. The third-order valence-electron chi connectivity index (χ3n) is 4.71. The normalized spacial score (nSPS) is 13.0. The number of nitrogens with one attached hydrogen (secondary N) is 1. The summed E-state index contributed by atoms with van der Waals surface area (Å²) in [4.78, 5) is 25.1. The van der Waals surface area contributed by atoms with Crippen LogP contribution in [0.4, 0.5) is 10.2 Å². The van der Waals surface area contributed by atoms with Crippen molar-refractivity contribution in [2.24, 2.45) is 5.41 Å². The van der Waals surface area contributed by atoms with Crippen LogP contribution in [0.15, 0.2) is 22.2 Å². The van der Waals surface area contributed by atoms with Gasteiger partial charge in [-0.1, -0.05) is 32.5 Å². The van der Waals surface area contributed by atoms with Gasteiger partial charge < -0.3 is 25.1 Å². The van der Waals surface area contributed by atoms with Gasteiger partial charge in [-0.05, 0) is 41.1 Å². The van der Waals surface area contributed by atoms with E-state index in [1.165, 1.54) is 11.8 Å². The van der Waals surface area contributed by atoms with Crippen LogP contribution in [0.3, 0.4) is 0 Å². The molecule has 12 heteroatoms. The molecular weight excluding hydrogens is 550 g/mol. The van der Waals surface area contributed by atoms with Gasteiger partial charge in [-0.25, -0.2) is 4.98 Å². The lowest BCUT2D eigenvalue weighted by Gasteiger charge is -2.17. The molecule has 0 aliphatic carbocycles. The van der Waals surface area contributed by atoms with E-state index in [4.69, 9.17) is 15.2 Å². The van der Waals surface area contributed by atoms with Gasteiger partial charge in [-0.2, -0.15) is 14.4 Å². The van der Waals surface area contributed by atoms with Crippen LogP contribution in [0.1, 0.15) is 27.2 Å². The molecule has 1 aliphatic heterocycles. The van der Waals surface area contributed by atoms with Crippen molar-refractivity contribution in [1.29, 1.82) is 0 Å². The number of aromatic nitrogens is 4. The number of nitrogens with zero attached hydrogens (tertiary/aromatic N) is 4. The van der Waals surface area contributed by atoms with E-state index in [0.717, 1.165) is 8.47 Å². The topological polar surface area (TPSA) is 117 Å². The minimum atomic E-state index is -0.911. The standard InChI is InChI=1S/C20H22FIN6O3S/c1-20(2,3)17(29)24-5-4-6-28-16-14(15(23)26-18(21)27-16)25-19(28)32-13-8-12-11(7-10(13)22)30-9-31-12/h7-8H,4-6,9H2,1-3H3,(H,24,29)(H2,23,26,27). The number of amides is 1. The molecule has 0 bridgehead atoms. The number of aryl methyl sites for hydroxylation is 1. The van der Waals surface area contributed by atoms with Gasteiger partial charge in [0.1, 0.15) is 0 Å². The second-order valence-corrected chi connectivity index (χ2v) is 10.4. The molecule has 3 heterocycles. The lowest BCUT2D eigenvalue weighted by Crippen LogP contribution is -2.35. The number of hydrogen-bond acceptors (Lipinski definition) is 8. The van der Waals surface area contributed by atoms with Crippen molar-refractivity contribution in [3.05, 3.63) is 21.8 Å². The van der Waals surface area contributed by atoms with Crippen LogP contribution in [0.5, 0.6) is 11.5 Å². The average molecular weight is 572 g/mol. The largest absolute Gasteiger partial charge is 0.454 e. The van der Waals surface area contributed by atoms with Crippen LogP contribution in [0.2, 0.25) is 0 Å². The minimum absolute atomic E-state index is 0.0190. The smallest absolute Gasteiger partial charge is 0.312 e. The molecule has 1 aliphatic rings. The molecule has 3 aromatic rings. The van der Waals surface area contributed by atoms with Gasteiger partial charge in [0.05, 0.1) is 0 Å². The summed E-state index contributed by atoms with van der Waals surface area (Å²) in [7, 11) is 0. The van der Waals surface area contributed by atoms with Crippen LogP contribution in [0.25, 0.3) is 11.2 Å². The minimum Gasteiger partial charge on any atom is -0.454 e. The summed E-state index contributed by atoms with van der Waals surface area (Å²) in [5.74, 6) is 1.30. The first kappa shape index (κ1) is 22.8. The Labute approximate surface area is 201 Å². The Bertz CT molecular complexity index is 1200. The highest BCUT2D eigenvalue weighted by atomic mass is 127. The average Bonchev–Trinajstić information content (AvgIpc) is 3.29. The summed E-state index contributed by atoms with van der Waals surface area (Å²) in [5, 5.41) is 3.51. The van der Waals surface area contributed by atoms with Gasteiger partial charge in [0, 0.05) is 27.0 Å². The number of carbonyl (C=O) groups excluding carboxylic acids is 1. The van der Waals surface area contributed by atoms with Crippen LogP contribution in [-0.2, 0) is 11.3 Å². The first-order valence-corrected chi connectivity index (χ1v) is 11.8. The van der Waals surface area contributed by atoms with Gasteiger partial charge in [-0.3, -0.25) is 4.79 Å². The second-order valence-electron chi connectivity index (χ2n) is 8.19.